The number of aliphatic hydroxyl groups excluding tert-OH is 1. The van der Waals surface area contributed by atoms with Crippen LogP contribution in [-0.2, 0) is 27.3 Å². The number of H-pyrrole nitrogens is 1. The first-order valence-corrected chi connectivity index (χ1v) is 13.5. The Bertz CT molecular complexity index is 1260. The number of imidazole rings is 1. The van der Waals surface area contributed by atoms with Gasteiger partial charge in [-0.15, -0.1) is 0 Å². The first-order valence-electron chi connectivity index (χ1n) is 8.46. The van der Waals surface area contributed by atoms with E-state index in [-0.39, 0.29) is 23.5 Å². The molecule has 1 aliphatic rings. The van der Waals surface area contributed by atoms with Crippen LogP contribution in [0.5, 0.6) is 0 Å². The maximum Gasteiger partial charge on any atom is 0.479 e. The molecule has 17 nitrogen and oxygen atoms in total. The van der Waals surface area contributed by atoms with Crippen LogP contribution >= 0.6 is 34.6 Å². The molecule has 1 fully saturated rings. The van der Waals surface area contributed by atoms with E-state index in [1.807, 2.05) is 0 Å². The highest BCUT2D eigenvalue weighted by atomic mass is 35.5. The van der Waals surface area contributed by atoms with E-state index in [9.17, 15) is 37.8 Å². The largest absolute Gasteiger partial charge is 0.479 e. The van der Waals surface area contributed by atoms with Gasteiger partial charge in [-0.1, -0.05) is 11.6 Å². The Kier molecular flexibility index (Phi) is 6.99. The zero-order chi connectivity index (χ0) is 25.0. The van der Waals surface area contributed by atoms with Gasteiger partial charge in [-0.25, -0.2) is 13.9 Å². The molecule has 0 aromatic carbocycles. The second-order valence-electron chi connectivity index (χ2n) is 6.63. The number of hydrogen-bond donors (Lipinski definition) is 7. The lowest BCUT2D eigenvalue weighted by Gasteiger charge is -2.25. The Labute approximate surface area is 186 Å². The van der Waals surface area contributed by atoms with Gasteiger partial charge in [0.25, 0.3) is 5.56 Å². The van der Waals surface area contributed by atoms with Gasteiger partial charge in [0, 0.05) is 6.42 Å². The molecule has 33 heavy (non-hydrogen) atoms. The highest BCUT2D eigenvalue weighted by Gasteiger charge is 2.64. The van der Waals surface area contributed by atoms with E-state index >= 15 is 0 Å². The number of anilines is 1. The molecular formula is C11H16ClFN5O12P3. The van der Waals surface area contributed by atoms with Crippen LogP contribution in [0.15, 0.2) is 11.1 Å². The van der Waals surface area contributed by atoms with Gasteiger partial charge >= 0.3 is 27.6 Å². The molecule has 0 saturated carbocycles. The molecule has 0 aliphatic carbocycles. The summed E-state index contributed by atoms with van der Waals surface area (Å²) in [5.41, 5.74) is 4.77. The van der Waals surface area contributed by atoms with Gasteiger partial charge < -0.3 is 35.2 Å². The van der Waals surface area contributed by atoms with Crippen molar-refractivity contribution in [2.24, 2.45) is 0 Å². The molecule has 8 N–H and O–H groups in total. The average Bonchev–Trinajstić information content (AvgIpc) is 3.21. The van der Waals surface area contributed by atoms with Crippen LogP contribution in [0.25, 0.3) is 11.2 Å². The summed E-state index contributed by atoms with van der Waals surface area (Å²) >= 11 is 4.74. The predicted molar refractivity (Wildman–Crippen MR) is 106 cm³/mol. The van der Waals surface area contributed by atoms with Gasteiger partial charge in [0.05, 0.1) is 19.0 Å². The van der Waals surface area contributed by atoms with E-state index in [2.05, 4.69) is 23.8 Å². The van der Waals surface area contributed by atoms with E-state index < -0.39 is 58.2 Å². The number of phosphoric ester groups is 1. The van der Waals surface area contributed by atoms with E-state index in [1.165, 1.54) is 10.9 Å². The Morgan fingerprint density at radius 3 is 2.61 bits per heavy atom. The number of phosphoric acid groups is 1. The minimum atomic E-state index is -6.27. The highest BCUT2D eigenvalue weighted by molar-refractivity contribution is 7.78. The summed E-state index contributed by atoms with van der Waals surface area (Å²) in [6.45, 7) is -0.967. The van der Waals surface area contributed by atoms with Crippen molar-refractivity contribution in [3.8, 4) is 0 Å². The molecule has 186 valence electrons. The summed E-state index contributed by atoms with van der Waals surface area (Å²) in [7, 11) is -18.1. The number of nitrogens with zero attached hydrogens (tertiary/aromatic N) is 3. The maximum absolute atomic E-state index is 13.9. The van der Waals surface area contributed by atoms with Crippen LogP contribution in [0.2, 0.25) is 0 Å². The molecule has 1 aliphatic heterocycles. The van der Waals surface area contributed by atoms with Crippen LogP contribution in [-0.4, -0.2) is 67.6 Å². The average molecular weight is 558 g/mol. The maximum atomic E-state index is 13.9. The van der Waals surface area contributed by atoms with Crippen LogP contribution in [0.1, 0.15) is 12.6 Å². The van der Waals surface area contributed by atoms with Gasteiger partial charge in [-0.05, 0) is 0 Å². The Morgan fingerprint density at radius 2 is 2.00 bits per heavy atom. The van der Waals surface area contributed by atoms with Gasteiger partial charge in [-0.2, -0.15) is 9.37 Å². The van der Waals surface area contributed by atoms with E-state index in [0.29, 0.717) is 0 Å². The third-order valence-electron chi connectivity index (χ3n) is 4.27. The second kappa shape index (κ2) is 8.75. The van der Waals surface area contributed by atoms with Crippen molar-refractivity contribution in [2.75, 3.05) is 12.3 Å². The number of ether oxygens (including phenoxy) is 1. The third kappa shape index (κ3) is 5.22. The van der Waals surface area contributed by atoms with Crippen molar-refractivity contribution in [3.05, 3.63) is 16.7 Å². The fraction of sp³-hybridized carbons (Fsp3) is 0.545. The molecule has 2 aromatic heterocycles. The zero-order valence-corrected chi connectivity index (χ0v) is 19.3. The molecule has 6 atom stereocenters. The van der Waals surface area contributed by atoms with E-state index in [4.69, 9.17) is 31.9 Å². The van der Waals surface area contributed by atoms with Crippen molar-refractivity contribution in [2.45, 2.75) is 29.5 Å². The first-order chi connectivity index (χ1) is 15.0. The number of rotatable bonds is 8. The first kappa shape index (κ1) is 26.3. The Hall–Kier alpha value is -1.26. The minimum absolute atomic E-state index is 0.00577. The number of aromatic nitrogens is 4. The third-order valence-corrected chi connectivity index (χ3v) is 10.7. The molecule has 0 bridgehead atoms. The standard InChI is InChI=1S/C11H16ClFN5O12P3/c12-11(13,31(21,22)23)32(24,25)30-33(26,27)28-2-5-4(19)1-6(29-5)18-3-15-7-8(18)16-10(14)17-9(7)20/h3-6,19H,1-2H2,(H,24,25)(H,26,27)(H2,21,22,23)(H3,14,16,17,20)/t4-,5+,6+,11?/m0/s1. The fourth-order valence-corrected chi connectivity index (χ4v) is 6.69. The lowest BCUT2D eigenvalue weighted by Crippen LogP contribution is -2.26. The van der Waals surface area contributed by atoms with Crippen molar-refractivity contribution in [3.63, 3.8) is 0 Å². The monoisotopic (exact) mass is 557 g/mol. The number of fused-ring (bicyclic) bond motifs is 1. The Morgan fingerprint density at radius 1 is 1.36 bits per heavy atom. The quantitative estimate of drug-likeness (QED) is 0.162. The molecule has 2 aromatic rings. The lowest BCUT2D eigenvalue weighted by atomic mass is 10.2. The summed E-state index contributed by atoms with van der Waals surface area (Å²) in [6, 6.07) is 0. The molecule has 0 radical (unpaired) electrons. The number of alkyl halides is 2. The topological polar surface area (TPSA) is 270 Å². The predicted octanol–water partition coefficient (Wildman–Crippen LogP) is -0.334. The van der Waals surface area contributed by atoms with Crippen LogP contribution in [0, 0.1) is 0 Å². The summed E-state index contributed by atoms with van der Waals surface area (Å²) in [5, 5.41) is 10.2. The van der Waals surface area contributed by atoms with Crippen molar-refractivity contribution in [1.29, 1.82) is 0 Å². The molecular weight excluding hydrogens is 542 g/mol. The minimum Gasteiger partial charge on any atom is -0.390 e. The van der Waals surface area contributed by atoms with E-state index in [1.54, 1.807) is 0 Å². The van der Waals surface area contributed by atoms with E-state index in [0.717, 1.165) is 0 Å². The van der Waals surface area contributed by atoms with Gasteiger partial charge in [0.2, 0.25) is 5.95 Å². The normalized spacial score (nSPS) is 27.2. The lowest BCUT2D eigenvalue weighted by molar-refractivity contribution is -0.0421. The molecule has 3 heterocycles. The Balaban J connectivity index is 1.70. The van der Waals surface area contributed by atoms with Gasteiger partial charge in [0.1, 0.15) is 12.3 Å². The summed E-state index contributed by atoms with van der Waals surface area (Å²) in [5.74, 6) is -0.224. The summed E-state index contributed by atoms with van der Waals surface area (Å²) in [4.78, 5) is 58.2. The summed E-state index contributed by atoms with van der Waals surface area (Å²) in [6.07, 6.45) is -2.71. The number of aliphatic hydroxyl groups is 1. The summed E-state index contributed by atoms with van der Waals surface area (Å²) < 4.78 is 58.5. The van der Waals surface area contributed by atoms with Crippen LogP contribution in [0.3, 0.4) is 0 Å². The number of halogens is 2. The zero-order valence-electron chi connectivity index (χ0n) is 15.8. The SMILES string of the molecule is Nc1nc2c(ncn2[C@H]2C[C@H](O)[C@@H](COP(=O)(O)OP(=O)(O)C(F)(Cl)P(=O)(O)O)O2)c(=O)[nH]1. The smallest absolute Gasteiger partial charge is 0.390 e. The number of hydrogen-bond acceptors (Lipinski definition) is 11. The molecule has 0 amide bonds. The molecule has 3 rings (SSSR count). The number of aromatic amines is 1. The molecule has 0 spiro atoms. The van der Waals surface area contributed by atoms with Gasteiger partial charge in [0.15, 0.2) is 11.2 Å². The van der Waals surface area contributed by atoms with Crippen molar-refractivity contribution < 1.29 is 56.3 Å². The second-order valence-corrected chi connectivity index (χ2v) is 13.2. The van der Waals surface area contributed by atoms with Gasteiger partial charge in [-0.3, -0.25) is 28.0 Å². The molecule has 3 unspecified atom stereocenters. The number of nitrogens with one attached hydrogen (secondary N) is 1. The van der Waals surface area contributed by atoms with Crippen molar-refractivity contribution >= 4 is 51.7 Å². The van der Waals surface area contributed by atoms with Crippen LogP contribution < -0.4 is 11.3 Å². The number of nitrogen functional groups attached to an aromatic ring is 1. The number of nitrogens with two attached hydrogens (primary N) is 1. The molecule has 22 heteroatoms. The van der Waals surface area contributed by atoms with Crippen molar-refractivity contribution in [1.82, 2.24) is 19.5 Å². The molecule has 1 saturated heterocycles. The highest BCUT2D eigenvalue weighted by Crippen LogP contribution is 2.78. The fourth-order valence-electron chi connectivity index (χ4n) is 2.73. The van der Waals surface area contributed by atoms with Crippen LogP contribution in [0.4, 0.5) is 10.3 Å².